The summed E-state index contributed by atoms with van der Waals surface area (Å²) in [4.78, 5) is 20.0. The van der Waals surface area contributed by atoms with Gasteiger partial charge in [-0.05, 0) is 18.1 Å². The molecule has 0 radical (unpaired) electrons. The van der Waals surface area contributed by atoms with Crippen LogP contribution in [0.25, 0.3) is 22.9 Å². The standard InChI is InChI=1S/C22H21F2N7O2/c1-12(2)19(20(25)32)27-21-15(24)10-26-22(28-21)17-9-18(16-7-8-33-30-16)31(29-17)11-13-5-3-4-6-14(13)23/h3-10,12,19H,11H2,1-2H3,(H2,25,32)(H,26,27,28)/t19-/m0/s1. The molecule has 1 atom stereocenters. The molecule has 33 heavy (non-hydrogen) atoms. The van der Waals surface area contributed by atoms with Crippen molar-refractivity contribution in [1.82, 2.24) is 24.9 Å². The Labute approximate surface area is 187 Å². The number of carbonyl (C=O) groups is 1. The van der Waals surface area contributed by atoms with Gasteiger partial charge < -0.3 is 15.6 Å². The Morgan fingerprint density at radius 3 is 2.64 bits per heavy atom. The first-order chi connectivity index (χ1) is 15.8. The summed E-state index contributed by atoms with van der Waals surface area (Å²) in [6, 6.07) is 8.79. The van der Waals surface area contributed by atoms with Crippen molar-refractivity contribution in [3.8, 4) is 22.9 Å². The van der Waals surface area contributed by atoms with E-state index in [-0.39, 0.29) is 29.9 Å². The monoisotopic (exact) mass is 453 g/mol. The van der Waals surface area contributed by atoms with Crippen molar-refractivity contribution in [1.29, 1.82) is 0 Å². The van der Waals surface area contributed by atoms with Gasteiger partial charge in [0, 0.05) is 11.6 Å². The van der Waals surface area contributed by atoms with Crippen LogP contribution in [0, 0.1) is 17.6 Å². The van der Waals surface area contributed by atoms with E-state index in [1.54, 1.807) is 44.2 Å². The van der Waals surface area contributed by atoms with E-state index in [4.69, 9.17) is 10.3 Å². The number of primary amides is 1. The van der Waals surface area contributed by atoms with Gasteiger partial charge in [0.25, 0.3) is 0 Å². The third-order valence-electron chi connectivity index (χ3n) is 5.00. The van der Waals surface area contributed by atoms with Crippen LogP contribution in [-0.2, 0) is 11.3 Å². The highest BCUT2D eigenvalue weighted by atomic mass is 19.1. The maximum Gasteiger partial charge on any atom is 0.240 e. The number of amides is 1. The number of hydrogen-bond donors (Lipinski definition) is 2. The van der Waals surface area contributed by atoms with Crippen molar-refractivity contribution >= 4 is 11.7 Å². The number of nitrogens with one attached hydrogen (secondary N) is 1. The number of nitrogens with zero attached hydrogens (tertiary/aromatic N) is 5. The van der Waals surface area contributed by atoms with Crippen molar-refractivity contribution in [2.45, 2.75) is 26.4 Å². The third-order valence-corrected chi connectivity index (χ3v) is 5.00. The summed E-state index contributed by atoms with van der Waals surface area (Å²) in [6.45, 7) is 3.66. The summed E-state index contributed by atoms with van der Waals surface area (Å²) < 4.78 is 35.1. The van der Waals surface area contributed by atoms with Gasteiger partial charge in [0.15, 0.2) is 17.5 Å². The molecule has 1 amide bonds. The van der Waals surface area contributed by atoms with Crippen LogP contribution in [0.3, 0.4) is 0 Å². The van der Waals surface area contributed by atoms with Crippen LogP contribution in [0.5, 0.6) is 0 Å². The average molecular weight is 453 g/mol. The first-order valence-corrected chi connectivity index (χ1v) is 10.1. The van der Waals surface area contributed by atoms with E-state index in [2.05, 4.69) is 25.5 Å². The Morgan fingerprint density at radius 2 is 1.97 bits per heavy atom. The molecular weight excluding hydrogens is 432 g/mol. The fourth-order valence-corrected chi connectivity index (χ4v) is 3.29. The SMILES string of the molecule is CC(C)[C@H](Nc1nc(-c2cc(-c3ccon3)n(Cc3ccccc3F)n2)ncc1F)C(N)=O. The largest absolute Gasteiger partial charge is 0.368 e. The van der Waals surface area contributed by atoms with Gasteiger partial charge >= 0.3 is 0 Å². The van der Waals surface area contributed by atoms with E-state index in [1.165, 1.54) is 17.0 Å². The van der Waals surface area contributed by atoms with Crippen LogP contribution < -0.4 is 11.1 Å². The van der Waals surface area contributed by atoms with Crippen molar-refractivity contribution in [2.75, 3.05) is 5.32 Å². The highest BCUT2D eigenvalue weighted by Crippen LogP contribution is 2.26. The molecule has 0 spiro atoms. The summed E-state index contributed by atoms with van der Waals surface area (Å²) in [5.74, 6) is -2.03. The first kappa shape index (κ1) is 22.1. The number of halogens is 2. The maximum atomic E-state index is 14.4. The molecule has 0 saturated carbocycles. The van der Waals surface area contributed by atoms with Crippen molar-refractivity contribution in [2.24, 2.45) is 11.7 Å². The molecule has 3 N–H and O–H groups in total. The smallest absolute Gasteiger partial charge is 0.240 e. The minimum Gasteiger partial charge on any atom is -0.368 e. The molecule has 0 aliphatic carbocycles. The lowest BCUT2D eigenvalue weighted by molar-refractivity contribution is -0.119. The Balaban J connectivity index is 1.74. The quantitative estimate of drug-likeness (QED) is 0.420. The van der Waals surface area contributed by atoms with Gasteiger partial charge in [0.1, 0.15) is 29.5 Å². The third kappa shape index (κ3) is 4.71. The Hall–Kier alpha value is -4.15. The van der Waals surface area contributed by atoms with E-state index in [0.29, 0.717) is 22.6 Å². The molecule has 0 fully saturated rings. The summed E-state index contributed by atoms with van der Waals surface area (Å²) in [7, 11) is 0. The zero-order valence-corrected chi connectivity index (χ0v) is 17.9. The molecule has 0 aliphatic rings. The molecule has 11 heteroatoms. The minimum atomic E-state index is -0.827. The molecule has 0 aliphatic heterocycles. The normalized spacial score (nSPS) is 12.2. The lowest BCUT2D eigenvalue weighted by Gasteiger charge is -2.19. The van der Waals surface area contributed by atoms with Crippen LogP contribution in [0.4, 0.5) is 14.6 Å². The van der Waals surface area contributed by atoms with Gasteiger partial charge in [-0.2, -0.15) is 5.10 Å². The molecule has 170 valence electrons. The number of anilines is 1. The number of carbonyl (C=O) groups excluding carboxylic acids is 1. The van der Waals surface area contributed by atoms with Gasteiger partial charge in [-0.25, -0.2) is 18.7 Å². The van der Waals surface area contributed by atoms with Crippen LogP contribution in [0.2, 0.25) is 0 Å². The molecular formula is C22H21F2N7O2. The summed E-state index contributed by atoms with van der Waals surface area (Å²) in [6.07, 6.45) is 2.39. The van der Waals surface area contributed by atoms with Gasteiger partial charge in [-0.1, -0.05) is 37.2 Å². The summed E-state index contributed by atoms with van der Waals surface area (Å²) in [5.41, 5.74) is 7.13. The highest BCUT2D eigenvalue weighted by Gasteiger charge is 2.23. The predicted octanol–water partition coefficient (Wildman–Crippen LogP) is 3.24. The summed E-state index contributed by atoms with van der Waals surface area (Å²) >= 11 is 0. The Bertz CT molecular complexity index is 1270. The number of hydrogen-bond acceptors (Lipinski definition) is 7. The van der Waals surface area contributed by atoms with E-state index >= 15 is 0 Å². The van der Waals surface area contributed by atoms with Gasteiger partial charge in [0.05, 0.1) is 18.4 Å². The van der Waals surface area contributed by atoms with E-state index in [1.807, 2.05) is 0 Å². The van der Waals surface area contributed by atoms with Crippen molar-refractivity contribution in [3.63, 3.8) is 0 Å². The van der Waals surface area contributed by atoms with E-state index in [9.17, 15) is 13.6 Å². The lowest BCUT2D eigenvalue weighted by atomic mass is 10.0. The summed E-state index contributed by atoms with van der Waals surface area (Å²) in [5, 5.41) is 11.2. The van der Waals surface area contributed by atoms with Crippen molar-refractivity contribution in [3.05, 3.63) is 66.1 Å². The van der Waals surface area contributed by atoms with Gasteiger partial charge in [0.2, 0.25) is 5.91 Å². The molecule has 0 saturated heterocycles. The second-order valence-corrected chi connectivity index (χ2v) is 7.71. The van der Waals surface area contributed by atoms with Crippen LogP contribution in [-0.4, -0.2) is 36.9 Å². The first-order valence-electron chi connectivity index (χ1n) is 10.1. The van der Waals surface area contributed by atoms with Crippen LogP contribution >= 0.6 is 0 Å². The van der Waals surface area contributed by atoms with E-state index < -0.39 is 17.8 Å². The molecule has 1 aromatic carbocycles. The fourth-order valence-electron chi connectivity index (χ4n) is 3.29. The molecule has 9 nitrogen and oxygen atoms in total. The zero-order valence-electron chi connectivity index (χ0n) is 17.9. The molecule has 3 heterocycles. The van der Waals surface area contributed by atoms with Gasteiger partial charge in [-0.15, -0.1) is 0 Å². The predicted molar refractivity (Wildman–Crippen MR) is 116 cm³/mol. The zero-order chi connectivity index (χ0) is 23.5. The number of nitrogens with two attached hydrogens (primary N) is 1. The van der Waals surface area contributed by atoms with Crippen molar-refractivity contribution < 1.29 is 18.1 Å². The number of rotatable bonds is 8. The Morgan fingerprint density at radius 1 is 1.18 bits per heavy atom. The highest BCUT2D eigenvalue weighted by molar-refractivity contribution is 5.83. The number of benzene rings is 1. The second kappa shape index (κ2) is 9.15. The number of aromatic nitrogens is 5. The van der Waals surface area contributed by atoms with E-state index in [0.717, 1.165) is 6.20 Å². The molecule has 3 aromatic heterocycles. The molecule has 4 rings (SSSR count). The lowest BCUT2D eigenvalue weighted by Crippen LogP contribution is -2.40. The topological polar surface area (TPSA) is 125 Å². The van der Waals surface area contributed by atoms with Gasteiger partial charge in [-0.3, -0.25) is 9.48 Å². The molecule has 0 unspecified atom stereocenters. The maximum absolute atomic E-state index is 14.4. The molecule has 0 bridgehead atoms. The minimum absolute atomic E-state index is 0.0999. The second-order valence-electron chi connectivity index (χ2n) is 7.71. The fraction of sp³-hybridized carbons (Fsp3) is 0.227. The van der Waals surface area contributed by atoms with Crippen LogP contribution in [0.15, 0.2) is 53.4 Å². The average Bonchev–Trinajstić information content (AvgIpc) is 3.44. The Kier molecular flexibility index (Phi) is 6.11. The van der Waals surface area contributed by atoms with Crippen LogP contribution in [0.1, 0.15) is 19.4 Å². The molecule has 4 aromatic rings.